The average Bonchev–Trinajstić information content (AvgIpc) is 3.23. The number of nitrogens with one attached hydrogen (secondary N) is 2. The molecule has 2 N–H and O–H groups in total. The first-order chi connectivity index (χ1) is 17.5. The molecule has 3 aromatic heterocycles. The van der Waals surface area contributed by atoms with Gasteiger partial charge in [-0.3, -0.25) is 9.59 Å². The van der Waals surface area contributed by atoms with Crippen molar-refractivity contribution < 1.29 is 32.2 Å². The zero-order valence-electron chi connectivity index (χ0n) is 19.8. The van der Waals surface area contributed by atoms with Crippen molar-refractivity contribution >= 4 is 23.3 Å². The zero-order chi connectivity index (χ0) is 26.7. The number of fused-ring (bicyclic) bond motifs is 1. The summed E-state index contributed by atoms with van der Waals surface area (Å²) in [6, 6.07) is 9.55. The maximum Gasteiger partial charge on any atom is 0.573 e. The molecule has 0 spiro atoms. The molecule has 4 rings (SSSR count). The first-order valence-electron chi connectivity index (χ1n) is 10.9. The number of para-hydroxylation sites is 1. The molecule has 4 aromatic rings. The lowest BCUT2D eigenvalue weighted by atomic mass is 10.1. The minimum absolute atomic E-state index is 0.0185. The second kappa shape index (κ2) is 10.1. The summed E-state index contributed by atoms with van der Waals surface area (Å²) in [6.45, 7) is 2.89. The minimum Gasteiger partial charge on any atom is -0.480 e. The van der Waals surface area contributed by atoms with E-state index in [0.717, 1.165) is 0 Å². The number of imidazole rings is 1. The van der Waals surface area contributed by atoms with Crippen molar-refractivity contribution in [3.63, 3.8) is 0 Å². The molecule has 3 heterocycles. The first-order valence-corrected chi connectivity index (χ1v) is 10.9. The molecule has 10 nitrogen and oxygen atoms in total. The third kappa shape index (κ3) is 5.94. The normalized spacial score (nSPS) is 12.2. The Kier molecular flexibility index (Phi) is 6.96. The van der Waals surface area contributed by atoms with Crippen LogP contribution in [0.15, 0.2) is 54.9 Å². The molecule has 1 aromatic carbocycles. The van der Waals surface area contributed by atoms with Crippen LogP contribution in [-0.2, 0) is 4.79 Å². The summed E-state index contributed by atoms with van der Waals surface area (Å²) < 4.78 is 49.2. The van der Waals surface area contributed by atoms with Gasteiger partial charge in [-0.25, -0.2) is 14.5 Å². The molecule has 0 aliphatic heterocycles. The summed E-state index contributed by atoms with van der Waals surface area (Å²) in [5.74, 6) is -0.977. The molecule has 192 valence electrons. The van der Waals surface area contributed by atoms with Crippen LogP contribution in [0, 0.1) is 0 Å². The highest BCUT2D eigenvalue weighted by Crippen LogP contribution is 2.31. The van der Waals surface area contributed by atoms with Crippen LogP contribution in [0.4, 0.5) is 19.0 Å². The van der Waals surface area contributed by atoms with E-state index in [0.29, 0.717) is 22.7 Å². The molecule has 0 bridgehead atoms. The largest absolute Gasteiger partial charge is 0.573 e. The van der Waals surface area contributed by atoms with E-state index >= 15 is 0 Å². The predicted molar refractivity (Wildman–Crippen MR) is 126 cm³/mol. The fourth-order valence-corrected chi connectivity index (χ4v) is 3.60. The number of hydrogen-bond acceptors (Lipinski definition) is 7. The van der Waals surface area contributed by atoms with E-state index in [1.54, 1.807) is 18.2 Å². The Morgan fingerprint density at radius 3 is 2.59 bits per heavy atom. The summed E-state index contributed by atoms with van der Waals surface area (Å²) in [7, 11) is 1.34. The van der Waals surface area contributed by atoms with Crippen LogP contribution in [0.25, 0.3) is 16.9 Å². The Labute approximate surface area is 208 Å². The van der Waals surface area contributed by atoms with Gasteiger partial charge in [0.2, 0.25) is 11.8 Å². The van der Waals surface area contributed by atoms with Crippen molar-refractivity contribution in [3.8, 4) is 22.9 Å². The molecule has 0 saturated heterocycles. The zero-order valence-corrected chi connectivity index (χ0v) is 19.8. The standard InChI is InChI=1S/C24H21F3N6O4/c1-13(16-6-4-5-7-19(16)37-24(25,26)27)29-22(35)17-10-15(11-28-23(17)36-3)18-8-9-21-31-20(30-14(2)34)12-33(21)32-18/h4-13H,1-3H3,(H,29,35)(H,30,34). The molecule has 1 unspecified atom stereocenters. The van der Waals surface area contributed by atoms with Gasteiger partial charge in [-0.15, -0.1) is 13.2 Å². The van der Waals surface area contributed by atoms with Crippen LogP contribution in [0.3, 0.4) is 0 Å². The van der Waals surface area contributed by atoms with Crippen molar-refractivity contribution in [1.29, 1.82) is 0 Å². The van der Waals surface area contributed by atoms with Gasteiger partial charge in [0.05, 0.1) is 25.0 Å². The van der Waals surface area contributed by atoms with E-state index in [-0.39, 0.29) is 22.9 Å². The van der Waals surface area contributed by atoms with Crippen LogP contribution >= 0.6 is 0 Å². The van der Waals surface area contributed by atoms with Crippen LogP contribution in [0.2, 0.25) is 0 Å². The van der Waals surface area contributed by atoms with Crippen LogP contribution in [0.1, 0.15) is 35.8 Å². The molecule has 0 fully saturated rings. The Balaban J connectivity index is 1.62. The number of rotatable bonds is 7. The number of pyridine rings is 1. The predicted octanol–water partition coefficient (Wildman–Crippen LogP) is 4.15. The lowest BCUT2D eigenvalue weighted by molar-refractivity contribution is -0.275. The van der Waals surface area contributed by atoms with Gasteiger partial charge in [-0.05, 0) is 31.2 Å². The van der Waals surface area contributed by atoms with Crippen molar-refractivity contribution in [2.45, 2.75) is 26.3 Å². The third-order valence-electron chi connectivity index (χ3n) is 5.17. The number of ether oxygens (including phenoxy) is 2. The van der Waals surface area contributed by atoms with Crippen molar-refractivity contribution in [2.24, 2.45) is 0 Å². The van der Waals surface area contributed by atoms with Gasteiger partial charge in [-0.2, -0.15) is 5.10 Å². The van der Waals surface area contributed by atoms with Gasteiger partial charge in [0.1, 0.15) is 11.3 Å². The Morgan fingerprint density at radius 2 is 1.89 bits per heavy atom. The molecular weight excluding hydrogens is 493 g/mol. The van der Waals surface area contributed by atoms with Crippen molar-refractivity contribution in [1.82, 2.24) is 24.9 Å². The van der Waals surface area contributed by atoms with E-state index in [4.69, 9.17) is 4.74 Å². The van der Waals surface area contributed by atoms with Crippen LogP contribution in [-0.4, -0.2) is 44.9 Å². The van der Waals surface area contributed by atoms with Gasteiger partial charge in [0.25, 0.3) is 5.91 Å². The lowest BCUT2D eigenvalue weighted by Gasteiger charge is -2.19. The van der Waals surface area contributed by atoms with Gasteiger partial charge in [0.15, 0.2) is 11.5 Å². The van der Waals surface area contributed by atoms with Crippen molar-refractivity contribution in [2.75, 3.05) is 12.4 Å². The number of anilines is 1. The number of alkyl halides is 3. The topological polar surface area (TPSA) is 120 Å². The fraction of sp³-hybridized carbons (Fsp3) is 0.208. The van der Waals surface area contributed by atoms with E-state index in [9.17, 15) is 22.8 Å². The molecule has 0 radical (unpaired) electrons. The molecule has 0 saturated carbocycles. The smallest absolute Gasteiger partial charge is 0.480 e. The summed E-state index contributed by atoms with van der Waals surface area (Å²) in [5.41, 5.74) is 1.59. The number of aromatic nitrogens is 4. The molecule has 0 aliphatic rings. The summed E-state index contributed by atoms with van der Waals surface area (Å²) in [6.07, 6.45) is -1.88. The monoisotopic (exact) mass is 514 g/mol. The summed E-state index contributed by atoms with van der Waals surface area (Å²) >= 11 is 0. The van der Waals surface area contributed by atoms with Crippen LogP contribution < -0.4 is 20.1 Å². The van der Waals surface area contributed by atoms with Gasteiger partial charge < -0.3 is 20.1 Å². The molecule has 13 heteroatoms. The third-order valence-corrected chi connectivity index (χ3v) is 5.17. The maximum atomic E-state index is 13.1. The second-order valence-electron chi connectivity index (χ2n) is 7.89. The van der Waals surface area contributed by atoms with Gasteiger partial charge in [0, 0.05) is 24.2 Å². The van der Waals surface area contributed by atoms with Gasteiger partial charge >= 0.3 is 6.36 Å². The number of carbonyl (C=O) groups is 2. The summed E-state index contributed by atoms with van der Waals surface area (Å²) in [5, 5.41) is 9.69. The van der Waals surface area contributed by atoms with E-state index in [2.05, 4.69) is 30.4 Å². The molecular formula is C24H21F3N6O4. The Morgan fingerprint density at radius 1 is 1.14 bits per heavy atom. The number of benzene rings is 1. The van der Waals surface area contributed by atoms with E-state index in [1.807, 2.05) is 0 Å². The highest BCUT2D eigenvalue weighted by Gasteiger charge is 2.32. The number of halogens is 3. The lowest BCUT2D eigenvalue weighted by Crippen LogP contribution is -2.28. The average molecular weight is 514 g/mol. The summed E-state index contributed by atoms with van der Waals surface area (Å²) in [4.78, 5) is 32.9. The van der Waals surface area contributed by atoms with E-state index in [1.165, 1.54) is 62.1 Å². The van der Waals surface area contributed by atoms with Crippen molar-refractivity contribution in [3.05, 3.63) is 66.0 Å². The number of carbonyl (C=O) groups excluding carboxylic acids is 2. The number of amides is 2. The second-order valence-corrected chi connectivity index (χ2v) is 7.89. The highest BCUT2D eigenvalue weighted by atomic mass is 19.4. The maximum absolute atomic E-state index is 13.1. The van der Waals surface area contributed by atoms with E-state index < -0.39 is 24.1 Å². The Bertz CT molecular complexity index is 1470. The molecule has 1 atom stereocenters. The highest BCUT2D eigenvalue weighted by molar-refractivity contribution is 5.97. The molecule has 2 amide bonds. The quantitative estimate of drug-likeness (QED) is 0.380. The minimum atomic E-state index is -4.88. The number of nitrogens with zero attached hydrogens (tertiary/aromatic N) is 4. The van der Waals surface area contributed by atoms with Gasteiger partial charge in [-0.1, -0.05) is 18.2 Å². The molecule has 0 aliphatic carbocycles. The Hall–Kier alpha value is -4.68. The molecule has 37 heavy (non-hydrogen) atoms. The number of hydrogen-bond donors (Lipinski definition) is 2. The SMILES string of the molecule is COc1ncc(-c2ccc3nc(NC(C)=O)cn3n2)cc1C(=O)NC(C)c1ccccc1OC(F)(F)F. The van der Waals surface area contributed by atoms with Crippen LogP contribution in [0.5, 0.6) is 11.6 Å². The fourth-order valence-electron chi connectivity index (χ4n) is 3.60. The first kappa shape index (κ1) is 25.4. The number of methoxy groups -OCH3 is 1.